The molecule has 0 aliphatic rings. The molecule has 1 rings (SSSR count). The van der Waals surface area contributed by atoms with Gasteiger partial charge in [0, 0.05) is 13.8 Å². The van der Waals surface area contributed by atoms with Gasteiger partial charge in [-0.25, -0.2) is 4.79 Å². The summed E-state index contributed by atoms with van der Waals surface area (Å²) in [5, 5.41) is 8.72. The van der Waals surface area contributed by atoms with Gasteiger partial charge in [0.25, 0.3) is 0 Å². The SMILES string of the molecule is O=C(O)c1cc(Br)cc(Br)c1S. The highest BCUT2D eigenvalue weighted by molar-refractivity contribution is 9.11. The van der Waals surface area contributed by atoms with Gasteiger partial charge in [-0.3, -0.25) is 0 Å². The summed E-state index contributed by atoms with van der Waals surface area (Å²) >= 11 is 10.4. The van der Waals surface area contributed by atoms with Crippen LogP contribution in [-0.2, 0) is 0 Å². The molecule has 0 saturated heterocycles. The maximum Gasteiger partial charge on any atom is 0.336 e. The van der Waals surface area contributed by atoms with Crippen molar-refractivity contribution in [1.29, 1.82) is 0 Å². The molecule has 0 saturated carbocycles. The summed E-state index contributed by atoms with van der Waals surface area (Å²) in [5.74, 6) is -0.984. The van der Waals surface area contributed by atoms with E-state index in [4.69, 9.17) is 5.11 Å². The zero-order valence-corrected chi connectivity index (χ0v) is 9.78. The molecule has 64 valence electrons. The number of rotatable bonds is 1. The normalized spacial score (nSPS) is 9.92. The van der Waals surface area contributed by atoms with Crippen molar-refractivity contribution in [1.82, 2.24) is 0 Å². The van der Waals surface area contributed by atoms with Gasteiger partial charge in [-0.2, -0.15) is 0 Å². The average Bonchev–Trinajstić information content (AvgIpc) is 1.96. The van der Waals surface area contributed by atoms with Crippen molar-refractivity contribution in [3.05, 3.63) is 26.6 Å². The van der Waals surface area contributed by atoms with Crippen LogP contribution in [0.15, 0.2) is 26.0 Å². The van der Waals surface area contributed by atoms with Crippen LogP contribution in [0.2, 0.25) is 0 Å². The summed E-state index contributed by atoms with van der Waals surface area (Å²) in [6.07, 6.45) is 0. The number of carboxylic acids is 1. The van der Waals surface area contributed by atoms with Crippen molar-refractivity contribution < 1.29 is 9.90 Å². The Morgan fingerprint density at radius 1 is 1.42 bits per heavy atom. The minimum atomic E-state index is -0.984. The third-order valence-electron chi connectivity index (χ3n) is 1.26. The lowest BCUT2D eigenvalue weighted by molar-refractivity contribution is 0.0693. The maximum absolute atomic E-state index is 10.6. The first kappa shape index (κ1) is 10.1. The zero-order valence-electron chi connectivity index (χ0n) is 5.71. The van der Waals surface area contributed by atoms with Crippen molar-refractivity contribution in [2.24, 2.45) is 0 Å². The second-order valence-corrected chi connectivity index (χ2v) is 4.31. The van der Waals surface area contributed by atoms with E-state index in [1.807, 2.05) is 0 Å². The van der Waals surface area contributed by atoms with E-state index in [9.17, 15) is 4.79 Å². The second kappa shape index (κ2) is 3.81. The zero-order chi connectivity index (χ0) is 9.30. The summed E-state index contributed by atoms with van der Waals surface area (Å²) in [5.41, 5.74) is 0.180. The van der Waals surface area contributed by atoms with Crippen LogP contribution in [0.3, 0.4) is 0 Å². The van der Waals surface area contributed by atoms with Crippen LogP contribution in [0.25, 0.3) is 0 Å². The monoisotopic (exact) mass is 310 g/mol. The molecular formula is C7H4Br2O2S. The molecule has 0 amide bonds. The lowest BCUT2D eigenvalue weighted by Gasteiger charge is -2.02. The highest BCUT2D eigenvalue weighted by Crippen LogP contribution is 2.28. The Kier molecular flexibility index (Phi) is 3.20. The number of hydrogen-bond donors (Lipinski definition) is 2. The predicted octanol–water partition coefficient (Wildman–Crippen LogP) is 3.20. The number of carbonyl (C=O) groups is 1. The molecule has 1 aromatic rings. The van der Waals surface area contributed by atoms with Crippen LogP contribution in [0.4, 0.5) is 0 Å². The van der Waals surface area contributed by atoms with E-state index in [-0.39, 0.29) is 5.56 Å². The van der Waals surface area contributed by atoms with E-state index >= 15 is 0 Å². The predicted molar refractivity (Wildman–Crippen MR) is 56.1 cm³/mol. The molecule has 0 heterocycles. The van der Waals surface area contributed by atoms with E-state index < -0.39 is 5.97 Å². The number of hydrogen-bond acceptors (Lipinski definition) is 2. The molecule has 5 heteroatoms. The van der Waals surface area contributed by atoms with Crippen LogP contribution >= 0.6 is 44.5 Å². The average molecular weight is 312 g/mol. The first-order valence-electron chi connectivity index (χ1n) is 2.93. The number of thiol groups is 1. The molecule has 0 aliphatic heterocycles. The van der Waals surface area contributed by atoms with Crippen molar-refractivity contribution in [2.45, 2.75) is 4.90 Å². The minimum Gasteiger partial charge on any atom is -0.478 e. The third-order valence-corrected chi connectivity index (χ3v) is 3.13. The summed E-state index contributed by atoms with van der Waals surface area (Å²) in [4.78, 5) is 11.1. The molecule has 0 aliphatic carbocycles. The van der Waals surface area contributed by atoms with E-state index in [0.717, 1.165) is 0 Å². The van der Waals surface area contributed by atoms with Crippen molar-refractivity contribution in [2.75, 3.05) is 0 Å². The Morgan fingerprint density at radius 2 is 2.00 bits per heavy atom. The van der Waals surface area contributed by atoms with Gasteiger partial charge in [0.15, 0.2) is 0 Å². The smallest absolute Gasteiger partial charge is 0.336 e. The minimum absolute atomic E-state index is 0.180. The maximum atomic E-state index is 10.6. The molecule has 12 heavy (non-hydrogen) atoms. The third kappa shape index (κ3) is 2.02. The molecule has 0 atom stereocenters. The first-order valence-corrected chi connectivity index (χ1v) is 4.97. The fourth-order valence-corrected chi connectivity index (χ4v) is 2.18. The van der Waals surface area contributed by atoms with Crippen LogP contribution in [0.1, 0.15) is 10.4 Å². The summed E-state index contributed by atoms with van der Waals surface area (Å²) < 4.78 is 1.38. The largest absolute Gasteiger partial charge is 0.478 e. The molecule has 0 aromatic heterocycles. The van der Waals surface area contributed by atoms with Crippen LogP contribution < -0.4 is 0 Å². The number of carboxylic acid groups (broad SMARTS) is 1. The first-order chi connectivity index (χ1) is 5.52. The van der Waals surface area contributed by atoms with Crippen molar-refractivity contribution in [3.8, 4) is 0 Å². The Hall–Kier alpha value is -0.000000000000000111. The molecular weight excluding hydrogens is 308 g/mol. The van der Waals surface area contributed by atoms with Gasteiger partial charge in [-0.1, -0.05) is 15.9 Å². The molecule has 0 spiro atoms. The molecule has 0 radical (unpaired) electrons. The second-order valence-electron chi connectivity index (χ2n) is 2.09. The molecule has 2 nitrogen and oxygen atoms in total. The van der Waals surface area contributed by atoms with E-state index in [1.54, 1.807) is 6.07 Å². The fourth-order valence-electron chi connectivity index (χ4n) is 0.729. The molecule has 1 aromatic carbocycles. The van der Waals surface area contributed by atoms with Gasteiger partial charge in [-0.15, -0.1) is 12.6 Å². The molecule has 1 N–H and O–H groups in total. The van der Waals surface area contributed by atoms with Gasteiger partial charge >= 0.3 is 5.97 Å². The lowest BCUT2D eigenvalue weighted by Crippen LogP contribution is -1.98. The highest BCUT2D eigenvalue weighted by atomic mass is 79.9. The molecule has 0 bridgehead atoms. The standard InChI is InChI=1S/C7H4Br2O2S/c8-3-1-4(7(10)11)6(12)5(9)2-3/h1-2,12H,(H,10,11). The van der Waals surface area contributed by atoms with Gasteiger partial charge < -0.3 is 5.11 Å². The van der Waals surface area contributed by atoms with Crippen molar-refractivity contribution in [3.63, 3.8) is 0 Å². The van der Waals surface area contributed by atoms with Crippen LogP contribution in [0.5, 0.6) is 0 Å². The van der Waals surface area contributed by atoms with E-state index in [1.165, 1.54) is 6.07 Å². The van der Waals surface area contributed by atoms with Gasteiger partial charge in [0.05, 0.1) is 5.56 Å². The van der Waals surface area contributed by atoms with Crippen LogP contribution in [0, 0.1) is 0 Å². The van der Waals surface area contributed by atoms with Gasteiger partial charge in [0.2, 0.25) is 0 Å². The van der Waals surface area contributed by atoms with Crippen LogP contribution in [-0.4, -0.2) is 11.1 Å². The highest BCUT2D eigenvalue weighted by Gasteiger charge is 2.10. The van der Waals surface area contributed by atoms with Crippen molar-refractivity contribution >= 4 is 50.5 Å². The molecule has 0 fully saturated rings. The lowest BCUT2D eigenvalue weighted by atomic mass is 10.2. The van der Waals surface area contributed by atoms with E-state index in [0.29, 0.717) is 13.8 Å². The van der Waals surface area contributed by atoms with E-state index in [2.05, 4.69) is 44.5 Å². The Labute approximate surface area is 91.6 Å². The Balaban J connectivity index is 3.37. The topological polar surface area (TPSA) is 37.3 Å². The quantitative estimate of drug-likeness (QED) is 0.782. The summed E-state index contributed by atoms with van der Waals surface area (Å²) in [6.45, 7) is 0. The number of benzene rings is 1. The van der Waals surface area contributed by atoms with Gasteiger partial charge in [-0.05, 0) is 28.1 Å². The Morgan fingerprint density at radius 3 is 2.50 bits per heavy atom. The summed E-state index contributed by atoms with van der Waals surface area (Å²) in [6, 6.07) is 3.25. The Bertz CT molecular complexity index is 338. The van der Waals surface area contributed by atoms with Gasteiger partial charge in [0.1, 0.15) is 0 Å². The summed E-state index contributed by atoms with van der Waals surface area (Å²) in [7, 11) is 0. The number of aromatic carboxylic acids is 1. The number of halogens is 2. The fraction of sp³-hybridized carbons (Fsp3) is 0. The molecule has 0 unspecified atom stereocenters.